The summed E-state index contributed by atoms with van der Waals surface area (Å²) in [5, 5.41) is 0. The Hall–Kier alpha value is -2.25. The smallest absolute Gasteiger partial charge is 0.462 e. The quantitative estimate of drug-likeness (QED) is 0.555. The van der Waals surface area contributed by atoms with Crippen LogP contribution < -0.4 is 4.74 Å². The molecule has 0 heterocycles. The fourth-order valence-electron chi connectivity index (χ4n) is 1.48. The predicted octanol–water partition coefficient (Wildman–Crippen LogP) is 3.72. The van der Waals surface area contributed by atoms with E-state index >= 15 is 0 Å². The standard InChI is InChI=1S/C16H19F3O5/c1-4-15(2,3)14(21)23-10-9-22-13(20)11-5-7-12(8-6-11)24-16(17,18)19/h5-8H,4,9-10H2,1-3H3. The summed E-state index contributed by atoms with van der Waals surface area (Å²) in [6.45, 7) is 5.10. The lowest BCUT2D eigenvalue weighted by Gasteiger charge is -2.20. The molecule has 24 heavy (non-hydrogen) atoms. The number of ether oxygens (including phenoxy) is 3. The molecule has 1 rings (SSSR count). The van der Waals surface area contributed by atoms with Crippen LogP contribution in [0.2, 0.25) is 0 Å². The summed E-state index contributed by atoms with van der Waals surface area (Å²) in [6.07, 6.45) is -4.18. The van der Waals surface area contributed by atoms with Gasteiger partial charge in [0.1, 0.15) is 19.0 Å². The minimum Gasteiger partial charge on any atom is -0.462 e. The molecule has 0 fully saturated rings. The molecule has 0 atom stereocenters. The Morgan fingerprint density at radius 1 is 1.00 bits per heavy atom. The SMILES string of the molecule is CCC(C)(C)C(=O)OCCOC(=O)c1ccc(OC(F)(F)F)cc1. The normalized spacial score (nSPS) is 11.8. The fourth-order valence-corrected chi connectivity index (χ4v) is 1.48. The van der Waals surface area contributed by atoms with E-state index in [1.807, 2.05) is 6.92 Å². The first-order valence-corrected chi connectivity index (χ1v) is 7.25. The second kappa shape index (κ2) is 8.03. The van der Waals surface area contributed by atoms with E-state index in [4.69, 9.17) is 9.47 Å². The number of carbonyl (C=O) groups excluding carboxylic acids is 2. The number of rotatable bonds is 7. The third kappa shape index (κ3) is 6.47. The molecule has 134 valence electrons. The maximum atomic E-state index is 12.0. The van der Waals surface area contributed by atoms with Crippen molar-refractivity contribution >= 4 is 11.9 Å². The van der Waals surface area contributed by atoms with E-state index in [-0.39, 0.29) is 18.8 Å². The minimum absolute atomic E-state index is 0.0599. The van der Waals surface area contributed by atoms with Crippen LogP contribution in [0, 0.1) is 5.41 Å². The molecule has 0 aromatic heterocycles. The van der Waals surface area contributed by atoms with E-state index in [1.165, 1.54) is 0 Å². The van der Waals surface area contributed by atoms with E-state index in [0.29, 0.717) is 6.42 Å². The molecule has 0 aliphatic carbocycles. The van der Waals surface area contributed by atoms with Gasteiger partial charge in [0.15, 0.2) is 0 Å². The van der Waals surface area contributed by atoms with Crippen LogP contribution in [0.4, 0.5) is 13.2 Å². The van der Waals surface area contributed by atoms with Gasteiger partial charge in [-0.05, 0) is 44.5 Å². The van der Waals surface area contributed by atoms with Gasteiger partial charge in [0.05, 0.1) is 11.0 Å². The van der Waals surface area contributed by atoms with Crippen molar-refractivity contribution in [3.8, 4) is 5.75 Å². The van der Waals surface area contributed by atoms with Gasteiger partial charge in [-0.2, -0.15) is 0 Å². The Morgan fingerprint density at radius 2 is 1.54 bits per heavy atom. The van der Waals surface area contributed by atoms with Crippen molar-refractivity contribution in [2.75, 3.05) is 13.2 Å². The average Bonchev–Trinajstić information content (AvgIpc) is 2.50. The van der Waals surface area contributed by atoms with Crippen LogP contribution in [0.25, 0.3) is 0 Å². The highest BCUT2D eigenvalue weighted by Crippen LogP contribution is 2.23. The van der Waals surface area contributed by atoms with E-state index < -0.39 is 29.5 Å². The van der Waals surface area contributed by atoms with Gasteiger partial charge >= 0.3 is 18.3 Å². The van der Waals surface area contributed by atoms with Gasteiger partial charge in [-0.3, -0.25) is 4.79 Å². The van der Waals surface area contributed by atoms with Gasteiger partial charge in [0, 0.05) is 0 Å². The van der Waals surface area contributed by atoms with Crippen molar-refractivity contribution in [1.82, 2.24) is 0 Å². The van der Waals surface area contributed by atoms with Crippen molar-refractivity contribution in [2.45, 2.75) is 33.6 Å². The second-order valence-corrected chi connectivity index (χ2v) is 5.58. The number of benzene rings is 1. The molecule has 0 aliphatic heterocycles. The zero-order chi connectivity index (χ0) is 18.4. The Labute approximate surface area is 137 Å². The molecule has 0 saturated heterocycles. The van der Waals surface area contributed by atoms with E-state index in [1.54, 1.807) is 13.8 Å². The lowest BCUT2D eigenvalue weighted by Crippen LogP contribution is -2.27. The summed E-state index contributed by atoms with van der Waals surface area (Å²) in [5.74, 6) is -1.57. The molecule has 1 aromatic rings. The summed E-state index contributed by atoms with van der Waals surface area (Å²) in [5.41, 5.74) is -0.553. The third-order valence-corrected chi connectivity index (χ3v) is 3.31. The van der Waals surface area contributed by atoms with Crippen molar-refractivity contribution in [3.63, 3.8) is 0 Å². The molecule has 5 nitrogen and oxygen atoms in total. The van der Waals surface area contributed by atoms with Crippen molar-refractivity contribution in [3.05, 3.63) is 29.8 Å². The van der Waals surface area contributed by atoms with Crippen LogP contribution in [-0.4, -0.2) is 31.5 Å². The van der Waals surface area contributed by atoms with Crippen LogP contribution in [0.15, 0.2) is 24.3 Å². The van der Waals surface area contributed by atoms with Crippen LogP contribution in [-0.2, 0) is 14.3 Å². The van der Waals surface area contributed by atoms with E-state index in [2.05, 4.69) is 4.74 Å². The molecule has 0 spiro atoms. The van der Waals surface area contributed by atoms with Crippen LogP contribution in [0.3, 0.4) is 0 Å². The van der Waals surface area contributed by atoms with Crippen LogP contribution in [0.1, 0.15) is 37.6 Å². The third-order valence-electron chi connectivity index (χ3n) is 3.31. The summed E-state index contributed by atoms with van der Waals surface area (Å²) < 4.78 is 49.7. The molecule has 0 bridgehead atoms. The summed E-state index contributed by atoms with van der Waals surface area (Å²) >= 11 is 0. The highest BCUT2D eigenvalue weighted by atomic mass is 19.4. The first kappa shape index (κ1) is 19.8. The first-order valence-electron chi connectivity index (χ1n) is 7.25. The highest BCUT2D eigenvalue weighted by molar-refractivity contribution is 5.89. The zero-order valence-electron chi connectivity index (χ0n) is 13.6. The zero-order valence-corrected chi connectivity index (χ0v) is 13.6. The van der Waals surface area contributed by atoms with Gasteiger partial charge in [-0.1, -0.05) is 6.92 Å². The number of halogens is 3. The van der Waals surface area contributed by atoms with Gasteiger partial charge in [0.25, 0.3) is 0 Å². The van der Waals surface area contributed by atoms with Gasteiger partial charge in [-0.25, -0.2) is 4.79 Å². The molecule has 0 saturated carbocycles. The molecule has 8 heteroatoms. The highest BCUT2D eigenvalue weighted by Gasteiger charge is 2.31. The van der Waals surface area contributed by atoms with Gasteiger partial charge in [0.2, 0.25) is 0 Å². The maximum Gasteiger partial charge on any atom is 0.573 e. The fraction of sp³-hybridized carbons (Fsp3) is 0.500. The van der Waals surface area contributed by atoms with E-state index in [0.717, 1.165) is 24.3 Å². The largest absolute Gasteiger partial charge is 0.573 e. The summed E-state index contributed by atoms with van der Waals surface area (Å²) in [4.78, 5) is 23.4. The first-order chi connectivity index (χ1) is 11.0. The van der Waals surface area contributed by atoms with E-state index in [9.17, 15) is 22.8 Å². The van der Waals surface area contributed by atoms with Crippen LogP contribution in [0.5, 0.6) is 5.75 Å². The number of alkyl halides is 3. The number of esters is 2. The van der Waals surface area contributed by atoms with Crippen molar-refractivity contribution < 1.29 is 37.0 Å². The molecular formula is C16H19F3O5. The molecule has 1 aromatic carbocycles. The minimum atomic E-state index is -4.79. The lowest BCUT2D eigenvalue weighted by molar-refractivity contribution is -0.274. The average molecular weight is 348 g/mol. The molecule has 0 amide bonds. The Bertz CT molecular complexity index is 564. The van der Waals surface area contributed by atoms with Crippen LogP contribution >= 0.6 is 0 Å². The monoisotopic (exact) mass is 348 g/mol. The molecule has 0 aliphatic rings. The van der Waals surface area contributed by atoms with Gasteiger partial charge in [-0.15, -0.1) is 13.2 Å². The summed E-state index contributed by atoms with van der Waals surface area (Å²) in [6, 6.07) is 4.31. The van der Waals surface area contributed by atoms with Gasteiger partial charge < -0.3 is 14.2 Å². The Kier molecular flexibility index (Phi) is 6.62. The maximum absolute atomic E-state index is 12.0. The summed E-state index contributed by atoms with van der Waals surface area (Å²) in [7, 11) is 0. The number of carbonyl (C=O) groups is 2. The predicted molar refractivity (Wildman–Crippen MR) is 78.4 cm³/mol. The molecule has 0 radical (unpaired) electrons. The molecule has 0 unspecified atom stereocenters. The lowest BCUT2D eigenvalue weighted by atomic mass is 9.91. The Balaban J connectivity index is 2.42. The molecular weight excluding hydrogens is 329 g/mol. The topological polar surface area (TPSA) is 61.8 Å². The van der Waals surface area contributed by atoms with Crippen molar-refractivity contribution in [1.29, 1.82) is 0 Å². The number of hydrogen-bond acceptors (Lipinski definition) is 5. The van der Waals surface area contributed by atoms with Crippen molar-refractivity contribution in [2.24, 2.45) is 5.41 Å². The second-order valence-electron chi connectivity index (χ2n) is 5.58. The number of hydrogen-bond donors (Lipinski definition) is 0. The molecule has 0 N–H and O–H groups in total. The Morgan fingerprint density at radius 3 is 2.04 bits per heavy atom.